The molecule has 0 aliphatic carbocycles. The molecule has 0 aromatic heterocycles. The molecule has 1 aromatic rings. The van der Waals surface area contributed by atoms with E-state index in [1.54, 1.807) is 18.2 Å². The number of carbonyl (C=O) groups excluding carboxylic acids is 1. The Hall–Kier alpha value is -1.88. The lowest BCUT2D eigenvalue weighted by Crippen LogP contribution is -2.41. The van der Waals surface area contributed by atoms with Gasteiger partial charge in [-0.1, -0.05) is 18.6 Å². The highest BCUT2D eigenvalue weighted by Gasteiger charge is 2.27. The van der Waals surface area contributed by atoms with Crippen LogP contribution in [0.3, 0.4) is 0 Å². The quantitative estimate of drug-likeness (QED) is 0.900. The Morgan fingerprint density at radius 3 is 2.67 bits per heavy atom. The van der Waals surface area contributed by atoms with E-state index in [0.717, 1.165) is 44.6 Å². The molecular weight excluding hydrogens is 304 g/mol. The van der Waals surface area contributed by atoms with Gasteiger partial charge >= 0.3 is 5.97 Å². The van der Waals surface area contributed by atoms with Gasteiger partial charge in [0.25, 0.3) is 0 Å². The van der Waals surface area contributed by atoms with Crippen LogP contribution in [-0.4, -0.2) is 59.5 Å². The van der Waals surface area contributed by atoms with Crippen LogP contribution in [0.5, 0.6) is 0 Å². The number of hydrogen-bond donors (Lipinski definition) is 1. The minimum Gasteiger partial charge on any atom is -0.478 e. The fraction of sp³-hybridized carbons (Fsp3) is 0.579. The van der Waals surface area contributed by atoms with E-state index >= 15 is 0 Å². The molecule has 1 N–H and O–H groups in total. The summed E-state index contributed by atoms with van der Waals surface area (Å²) >= 11 is 0. The van der Waals surface area contributed by atoms with Gasteiger partial charge in [0.1, 0.15) is 0 Å². The average Bonchev–Trinajstić information content (AvgIpc) is 3.04. The van der Waals surface area contributed by atoms with Crippen molar-refractivity contribution in [3.05, 3.63) is 35.4 Å². The van der Waals surface area contributed by atoms with Gasteiger partial charge in [-0.05, 0) is 62.4 Å². The summed E-state index contributed by atoms with van der Waals surface area (Å²) < 4.78 is 0. The number of carboxylic acids is 1. The lowest BCUT2D eigenvalue weighted by atomic mass is 9.97. The first-order valence-corrected chi connectivity index (χ1v) is 8.94. The maximum Gasteiger partial charge on any atom is 0.335 e. The minimum absolute atomic E-state index is 0.249. The third-order valence-corrected chi connectivity index (χ3v) is 5.14. The second-order valence-corrected chi connectivity index (χ2v) is 7.04. The van der Waals surface area contributed by atoms with Gasteiger partial charge in [-0.2, -0.15) is 0 Å². The van der Waals surface area contributed by atoms with Gasteiger partial charge in [0.2, 0.25) is 5.91 Å². The molecule has 24 heavy (non-hydrogen) atoms. The molecule has 2 heterocycles. The van der Waals surface area contributed by atoms with Crippen molar-refractivity contribution in [1.29, 1.82) is 0 Å². The summed E-state index contributed by atoms with van der Waals surface area (Å²) in [4.78, 5) is 27.8. The van der Waals surface area contributed by atoms with Crippen molar-refractivity contribution in [3.63, 3.8) is 0 Å². The molecule has 5 heteroatoms. The zero-order valence-electron chi connectivity index (χ0n) is 14.1. The lowest BCUT2D eigenvalue weighted by Gasteiger charge is -2.28. The van der Waals surface area contributed by atoms with Gasteiger partial charge in [0, 0.05) is 13.1 Å². The Kier molecular flexibility index (Phi) is 5.51. The number of aromatic carboxylic acids is 1. The van der Waals surface area contributed by atoms with Gasteiger partial charge in [0.15, 0.2) is 0 Å². The lowest BCUT2D eigenvalue weighted by molar-refractivity contribution is -0.131. The molecule has 130 valence electrons. The molecule has 1 aromatic carbocycles. The summed E-state index contributed by atoms with van der Waals surface area (Å²) in [6, 6.07) is 7.15. The number of nitrogens with zero attached hydrogens (tertiary/aromatic N) is 2. The Labute approximate surface area is 143 Å². The Balaban J connectivity index is 1.50. The Morgan fingerprint density at radius 1 is 1.12 bits per heavy atom. The van der Waals surface area contributed by atoms with Crippen molar-refractivity contribution in [2.24, 2.45) is 5.92 Å². The van der Waals surface area contributed by atoms with Gasteiger partial charge in [-0.3, -0.25) is 9.69 Å². The number of rotatable bonds is 5. The SMILES string of the molecule is O=C(O)c1cccc(C[C@H]2CCN(C(=O)CN3CCCCC3)C2)c1. The molecule has 2 aliphatic heterocycles. The summed E-state index contributed by atoms with van der Waals surface area (Å²) in [5, 5.41) is 9.08. The molecule has 1 atom stereocenters. The number of piperidine rings is 1. The van der Waals surface area contributed by atoms with Crippen LogP contribution in [0.15, 0.2) is 24.3 Å². The van der Waals surface area contributed by atoms with E-state index in [2.05, 4.69) is 4.90 Å². The van der Waals surface area contributed by atoms with Crippen molar-refractivity contribution < 1.29 is 14.7 Å². The van der Waals surface area contributed by atoms with E-state index in [0.29, 0.717) is 18.0 Å². The van der Waals surface area contributed by atoms with E-state index in [4.69, 9.17) is 5.11 Å². The molecule has 2 fully saturated rings. The van der Waals surface area contributed by atoms with Crippen LogP contribution in [0.2, 0.25) is 0 Å². The predicted octanol–water partition coefficient (Wildman–Crippen LogP) is 2.26. The standard InChI is InChI=1S/C19H26N2O3/c22-18(14-20-8-2-1-3-9-20)21-10-7-16(13-21)11-15-5-4-6-17(12-15)19(23)24/h4-6,12,16H,1-3,7-11,13-14H2,(H,23,24)/t16-/m1/s1. The maximum atomic E-state index is 12.5. The summed E-state index contributed by atoms with van der Waals surface area (Å²) in [7, 11) is 0. The molecule has 2 saturated heterocycles. The van der Waals surface area contributed by atoms with Crippen LogP contribution < -0.4 is 0 Å². The zero-order chi connectivity index (χ0) is 16.9. The molecule has 5 nitrogen and oxygen atoms in total. The van der Waals surface area contributed by atoms with Crippen LogP contribution in [-0.2, 0) is 11.2 Å². The molecule has 0 radical (unpaired) electrons. The molecule has 3 rings (SSSR count). The summed E-state index contributed by atoms with van der Waals surface area (Å²) in [5.74, 6) is -0.209. The third kappa shape index (κ3) is 4.35. The fourth-order valence-electron chi connectivity index (χ4n) is 3.80. The van der Waals surface area contributed by atoms with Crippen molar-refractivity contribution >= 4 is 11.9 Å². The van der Waals surface area contributed by atoms with Crippen molar-refractivity contribution in [1.82, 2.24) is 9.80 Å². The van der Waals surface area contributed by atoms with Gasteiger partial charge in [-0.25, -0.2) is 4.79 Å². The molecule has 2 aliphatic rings. The van der Waals surface area contributed by atoms with Crippen LogP contribution in [0.1, 0.15) is 41.6 Å². The highest BCUT2D eigenvalue weighted by atomic mass is 16.4. The maximum absolute atomic E-state index is 12.5. The van der Waals surface area contributed by atoms with Crippen LogP contribution in [0.25, 0.3) is 0 Å². The minimum atomic E-state index is -0.887. The summed E-state index contributed by atoms with van der Waals surface area (Å²) in [6.45, 7) is 4.27. The van der Waals surface area contributed by atoms with E-state index < -0.39 is 5.97 Å². The number of amides is 1. The Morgan fingerprint density at radius 2 is 1.92 bits per heavy atom. The second-order valence-electron chi connectivity index (χ2n) is 7.04. The van der Waals surface area contributed by atoms with Crippen LogP contribution in [0.4, 0.5) is 0 Å². The molecular formula is C19H26N2O3. The largest absolute Gasteiger partial charge is 0.478 e. The highest BCUT2D eigenvalue weighted by Crippen LogP contribution is 2.22. The van der Waals surface area contributed by atoms with E-state index in [1.807, 2.05) is 11.0 Å². The first kappa shape index (κ1) is 17.0. The molecule has 0 saturated carbocycles. The smallest absolute Gasteiger partial charge is 0.335 e. The zero-order valence-corrected chi connectivity index (χ0v) is 14.1. The predicted molar refractivity (Wildman–Crippen MR) is 92.1 cm³/mol. The first-order valence-electron chi connectivity index (χ1n) is 8.94. The molecule has 1 amide bonds. The number of hydrogen-bond acceptors (Lipinski definition) is 3. The topological polar surface area (TPSA) is 60.9 Å². The van der Waals surface area contributed by atoms with E-state index in [1.165, 1.54) is 19.3 Å². The summed E-state index contributed by atoms with van der Waals surface area (Å²) in [5.41, 5.74) is 1.38. The molecule has 0 unspecified atom stereocenters. The fourth-order valence-corrected chi connectivity index (χ4v) is 3.80. The molecule has 0 spiro atoms. The van der Waals surface area contributed by atoms with Crippen molar-refractivity contribution in [2.45, 2.75) is 32.1 Å². The Bertz CT molecular complexity index is 596. The van der Waals surface area contributed by atoms with Crippen molar-refractivity contribution in [2.75, 3.05) is 32.7 Å². The van der Waals surface area contributed by atoms with E-state index in [-0.39, 0.29) is 5.91 Å². The van der Waals surface area contributed by atoms with E-state index in [9.17, 15) is 9.59 Å². The average molecular weight is 330 g/mol. The van der Waals surface area contributed by atoms with Gasteiger partial charge in [-0.15, -0.1) is 0 Å². The number of carbonyl (C=O) groups is 2. The second kappa shape index (κ2) is 7.79. The van der Waals surface area contributed by atoms with Crippen molar-refractivity contribution in [3.8, 4) is 0 Å². The number of likely N-dealkylation sites (tertiary alicyclic amines) is 2. The highest BCUT2D eigenvalue weighted by molar-refractivity contribution is 5.87. The first-order chi connectivity index (χ1) is 11.6. The number of carboxylic acid groups (broad SMARTS) is 1. The van der Waals surface area contributed by atoms with Crippen LogP contribution >= 0.6 is 0 Å². The summed E-state index contributed by atoms with van der Waals surface area (Å²) in [6.07, 6.45) is 5.54. The normalized spacial score (nSPS) is 21.8. The molecule has 0 bridgehead atoms. The third-order valence-electron chi connectivity index (χ3n) is 5.14. The van der Waals surface area contributed by atoms with Crippen LogP contribution in [0, 0.1) is 5.92 Å². The van der Waals surface area contributed by atoms with Gasteiger partial charge < -0.3 is 10.0 Å². The van der Waals surface area contributed by atoms with Gasteiger partial charge in [0.05, 0.1) is 12.1 Å². The number of benzene rings is 1. The monoisotopic (exact) mass is 330 g/mol.